The van der Waals surface area contributed by atoms with Crippen LogP contribution in [0.15, 0.2) is 54.6 Å². The molecule has 2 aliphatic rings. The molecule has 4 aromatic rings. The predicted molar refractivity (Wildman–Crippen MR) is 124 cm³/mol. The molecule has 1 aliphatic heterocycles. The van der Waals surface area contributed by atoms with E-state index in [0.29, 0.717) is 6.04 Å². The van der Waals surface area contributed by atoms with E-state index in [1.807, 2.05) is 0 Å². The van der Waals surface area contributed by atoms with E-state index in [1.165, 1.54) is 77.5 Å². The summed E-state index contributed by atoms with van der Waals surface area (Å²) < 4.78 is 0. The second-order valence-electron chi connectivity index (χ2n) is 9.14. The zero-order valence-corrected chi connectivity index (χ0v) is 17.2. The van der Waals surface area contributed by atoms with Crippen LogP contribution in [0.25, 0.3) is 32.3 Å². The minimum Gasteiger partial charge on any atom is -0.314 e. The summed E-state index contributed by atoms with van der Waals surface area (Å²) in [6.07, 6.45) is 6.99. The van der Waals surface area contributed by atoms with Crippen molar-refractivity contribution in [2.45, 2.75) is 38.1 Å². The van der Waals surface area contributed by atoms with Crippen LogP contribution in [0.5, 0.6) is 0 Å². The summed E-state index contributed by atoms with van der Waals surface area (Å²) in [6, 6.07) is 21.5. The Morgan fingerprint density at radius 3 is 2.14 bits per heavy atom. The van der Waals surface area contributed by atoms with E-state index >= 15 is 0 Å². The largest absolute Gasteiger partial charge is 0.314 e. The molecule has 0 amide bonds. The molecule has 0 radical (unpaired) electrons. The molecule has 4 aromatic carbocycles. The number of piperazine rings is 1. The number of hydrogen-bond acceptors (Lipinski definition) is 2. The van der Waals surface area contributed by atoms with E-state index in [-0.39, 0.29) is 0 Å². The summed E-state index contributed by atoms with van der Waals surface area (Å²) in [5.74, 6) is 0.792. The molecule has 2 heteroatoms. The number of nitrogens with zero attached hydrogens (tertiary/aromatic N) is 1. The molecule has 0 unspecified atom stereocenters. The number of hydrogen-bond donors (Lipinski definition) is 1. The second-order valence-corrected chi connectivity index (χ2v) is 9.14. The van der Waals surface area contributed by atoms with E-state index in [9.17, 15) is 0 Å². The lowest BCUT2D eigenvalue weighted by molar-refractivity contribution is 0.104. The van der Waals surface area contributed by atoms with Gasteiger partial charge < -0.3 is 5.32 Å². The minimum atomic E-state index is 0.557. The third-order valence-corrected chi connectivity index (χ3v) is 7.52. The van der Waals surface area contributed by atoms with Gasteiger partial charge in [0, 0.05) is 32.2 Å². The smallest absolute Gasteiger partial charge is 0.0383 e. The second kappa shape index (κ2) is 7.27. The Labute approximate surface area is 173 Å². The van der Waals surface area contributed by atoms with E-state index in [1.54, 1.807) is 5.56 Å². The van der Waals surface area contributed by atoms with Gasteiger partial charge in [-0.05, 0) is 56.6 Å². The first kappa shape index (κ1) is 17.7. The van der Waals surface area contributed by atoms with Crippen LogP contribution in [0.2, 0.25) is 0 Å². The molecule has 0 spiro atoms. The molecule has 0 aromatic heterocycles. The van der Waals surface area contributed by atoms with E-state index in [0.717, 1.165) is 19.0 Å². The van der Waals surface area contributed by atoms with E-state index in [2.05, 4.69) is 64.8 Å². The fourth-order valence-corrected chi connectivity index (χ4v) is 6.17. The minimum absolute atomic E-state index is 0.557. The zero-order chi connectivity index (χ0) is 19.2. The van der Waals surface area contributed by atoms with Crippen molar-refractivity contribution in [2.75, 3.05) is 26.2 Å². The fourth-order valence-electron chi connectivity index (χ4n) is 6.17. The van der Waals surface area contributed by atoms with Crippen LogP contribution in [0.3, 0.4) is 0 Å². The van der Waals surface area contributed by atoms with Gasteiger partial charge in [-0.25, -0.2) is 0 Å². The van der Waals surface area contributed by atoms with Gasteiger partial charge in [0.25, 0.3) is 0 Å². The van der Waals surface area contributed by atoms with Gasteiger partial charge >= 0.3 is 0 Å². The van der Waals surface area contributed by atoms with E-state index < -0.39 is 0 Å². The summed E-state index contributed by atoms with van der Waals surface area (Å²) in [5, 5.41) is 12.1. The third kappa shape index (κ3) is 2.93. The highest BCUT2D eigenvalue weighted by atomic mass is 15.2. The molecule has 1 saturated heterocycles. The maximum atomic E-state index is 3.56. The maximum absolute atomic E-state index is 3.56. The highest BCUT2D eigenvalue weighted by molar-refractivity contribution is 6.23. The Kier molecular flexibility index (Phi) is 4.43. The molecule has 2 nitrogen and oxygen atoms in total. The average Bonchev–Trinajstić information content (AvgIpc) is 2.80. The predicted octanol–water partition coefficient (Wildman–Crippen LogP) is 6.11. The van der Waals surface area contributed by atoms with E-state index in [4.69, 9.17) is 0 Å². The molecule has 148 valence electrons. The van der Waals surface area contributed by atoms with Gasteiger partial charge in [-0.2, -0.15) is 0 Å². The van der Waals surface area contributed by atoms with Crippen LogP contribution in [0.1, 0.15) is 43.7 Å². The van der Waals surface area contributed by atoms with Gasteiger partial charge in [0.05, 0.1) is 0 Å². The van der Waals surface area contributed by atoms with Gasteiger partial charge in [0.2, 0.25) is 0 Å². The van der Waals surface area contributed by atoms with Crippen LogP contribution in [0, 0.1) is 5.92 Å². The summed E-state index contributed by atoms with van der Waals surface area (Å²) >= 11 is 0. The Morgan fingerprint density at radius 1 is 0.724 bits per heavy atom. The topological polar surface area (TPSA) is 15.3 Å². The summed E-state index contributed by atoms with van der Waals surface area (Å²) in [5.41, 5.74) is 1.57. The van der Waals surface area contributed by atoms with Crippen LogP contribution >= 0.6 is 0 Å². The fraction of sp³-hybridized carbons (Fsp3) is 0.407. The Hall–Kier alpha value is -2.16. The number of benzene rings is 4. The highest BCUT2D eigenvalue weighted by Crippen LogP contribution is 2.44. The first-order valence-corrected chi connectivity index (χ1v) is 11.5. The summed E-state index contributed by atoms with van der Waals surface area (Å²) in [7, 11) is 0. The molecule has 1 heterocycles. The normalized spacial score (nSPS) is 20.7. The Balaban J connectivity index is 1.58. The van der Waals surface area contributed by atoms with Crippen molar-refractivity contribution < 1.29 is 0 Å². The first-order chi connectivity index (χ1) is 14.4. The number of nitrogens with one attached hydrogen (secondary N) is 1. The van der Waals surface area contributed by atoms with Gasteiger partial charge in [-0.1, -0.05) is 73.9 Å². The van der Waals surface area contributed by atoms with Crippen molar-refractivity contribution in [2.24, 2.45) is 5.92 Å². The van der Waals surface area contributed by atoms with Crippen LogP contribution in [0.4, 0.5) is 0 Å². The standard InChI is InChI=1S/C27H30N2/c1-2-5-22(6-3-1)27(29-17-15-28-16-18-29)24-14-12-21-10-9-19-7-4-8-20-11-13-23(24)26(21)25(19)20/h4,7-14,22,27-28H,1-3,5-6,15-18H2/t27-/m0/s1. The number of rotatable bonds is 3. The summed E-state index contributed by atoms with van der Waals surface area (Å²) in [4.78, 5) is 2.79. The van der Waals surface area contributed by atoms with Crippen molar-refractivity contribution in [3.8, 4) is 0 Å². The van der Waals surface area contributed by atoms with Crippen molar-refractivity contribution in [3.63, 3.8) is 0 Å². The Morgan fingerprint density at radius 2 is 1.38 bits per heavy atom. The SMILES string of the molecule is c1cc2ccc3ccc([C@H](C4CCCCC4)N4CCNCC4)c4ccc(c1)c2c34. The molecular formula is C27H30N2. The van der Waals surface area contributed by atoms with Crippen LogP contribution in [-0.4, -0.2) is 31.1 Å². The lowest BCUT2D eigenvalue weighted by atomic mass is 9.78. The van der Waals surface area contributed by atoms with Gasteiger partial charge in [0.1, 0.15) is 0 Å². The Bertz CT molecular complexity index is 1100. The molecule has 1 atom stereocenters. The molecule has 6 rings (SSSR count). The molecule has 2 fully saturated rings. The quantitative estimate of drug-likeness (QED) is 0.430. The van der Waals surface area contributed by atoms with Gasteiger partial charge in [-0.3, -0.25) is 4.90 Å². The van der Waals surface area contributed by atoms with Crippen molar-refractivity contribution in [1.82, 2.24) is 10.2 Å². The molecule has 1 N–H and O–H groups in total. The molecule has 1 saturated carbocycles. The van der Waals surface area contributed by atoms with Crippen molar-refractivity contribution in [3.05, 3.63) is 60.2 Å². The third-order valence-electron chi connectivity index (χ3n) is 7.52. The van der Waals surface area contributed by atoms with Gasteiger partial charge in [0.15, 0.2) is 0 Å². The maximum Gasteiger partial charge on any atom is 0.0383 e. The molecule has 0 bridgehead atoms. The van der Waals surface area contributed by atoms with Crippen LogP contribution < -0.4 is 5.32 Å². The van der Waals surface area contributed by atoms with Crippen LogP contribution in [-0.2, 0) is 0 Å². The average molecular weight is 383 g/mol. The molecule has 29 heavy (non-hydrogen) atoms. The lowest BCUT2D eigenvalue weighted by Gasteiger charge is -2.41. The van der Waals surface area contributed by atoms with Crippen molar-refractivity contribution in [1.29, 1.82) is 0 Å². The van der Waals surface area contributed by atoms with Gasteiger partial charge in [-0.15, -0.1) is 0 Å². The lowest BCUT2D eigenvalue weighted by Crippen LogP contribution is -2.47. The zero-order valence-electron chi connectivity index (χ0n) is 17.2. The monoisotopic (exact) mass is 382 g/mol. The summed E-state index contributed by atoms with van der Waals surface area (Å²) in [6.45, 7) is 4.58. The van der Waals surface area contributed by atoms with Crippen molar-refractivity contribution >= 4 is 32.3 Å². The molecular weight excluding hydrogens is 352 g/mol. The highest BCUT2D eigenvalue weighted by Gasteiger charge is 2.32. The molecule has 1 aliphatic carbocycles. The first-order valence-electron chi connectivity index (χ1n) is 11.5.